The van der Waals surface area contributed by atoms with Crippen LogP contribution in [0, 0.1) is 13.8 Å². The second-order valence-corrected chi connectivity index (χ2v) is 7.59. The van der Waals surface area contributed by atoms with Crippen molar-refractivity contribution >= 4 is 11.8 Å². The van der Waals surface area contributed by atoms with Gasteiger partial charge in [0.2, 0.25) is 0 Å². The van der Waals surface area contributed by atoms with Gasteiger partial charge in [0.25, 0.3) is 17.4 Å². The standard InChI is InChI=1S/C23H23N3O4/c1-14-10-19(15(2)30-14)22(28)25-9-8-18-17(12-25)13-26(23(29)20(18)21(24)27)11-16-6-4-3-5-7-16/h3-7,10,13H,8-9,11-12H2,1-2H3,(H2,24,27). The van der Waals surface area contributed by atoms with Gasteiger partial charge in [0, 0.05) is 19.3 Å². The third kappa shape index (κ3) is 3.54. The minimum absolute atomic E-state index is 0.0193. The van der Waals surface area contributed by atoms with Gasteiger partial charge in [-0.1, -0.05) is 30.3 Å². The van der Waals surface area contributed by atoms with Gasteiger partial charge in [0.05, 0.1) is 12.1 Å². The maximum Gasteiger partial charge on any atom is 0.264 e. The number of aryl methyl sites for hydroxylation is 2. The molecule has 0 fully saturated rings. The van der Waals surface area contributed by atoms with E-state index in [0.717, 1.165) is 11.1 Å². The summed E-state index contributed by atoms with van der Waals surface area (Å²) < 4.78 is 6.99. The Morgan fingerprint density at radius 2 is 1.90 bits per heavy atom. The quantitative estimate of drug-likeness (QED) is 0.721. The van der Waals surface area contributed by atoms with Gasteiger partial charge in [-0.2, -0.15) is 0 Å². The summed E-state index contributed by atoms with van der Waals surface area (Å²) in [5.41, 5.74) is 8.05. The Balaban J connectivity index is 1.72. The molecule has 2 amide bonds. The molecular weight excluding hydrogens is 382 g/mol. The number of rotatable bonds is 4. The number of hydrogen-bond acceptors (Lipinski definition) is 4. The lowest BCUT2D eigenvalue weighted by molar-refractivity contribution is 0.0732. The molecule has 0 bridgehead atoms. The van der Waals surface area contributed by atoms with Gasteiger partial charge >= 0.3 is 0 Å². The summed E-state index contributed by atoms with van der Waals surface area (Å²) in [4.78, 5) is 39.8. The minimum Gasteiger partial charge on any atom is -0.466 e. The van der Waals surface area contributed by atoms with Crippen LogP contribution in [0.3, 0.4) is 0 Å². The van der Waals surface area contributed by atoms with E-state index in [-0.39, 0.29) is 11.5 Å². The zero-order valence-corrected chi connectivity index (χ0v) is 17.0. The van der Waals surface area contributed by atoms with Gasteiger partial charge in [-0.15, -0.1) is 0 Å². The molecule has 3 aromatic rings. The largest absolute Gasteiger partial charge is 0.466 e. The fourth-order valence-corrected chi connectivity index (χ4v) is 4.05. The van der Waals surface area contributed by atoms with Gasteiger partial charge in [-0.25, -0.2) is 0 Å². The molecule has 4 rings (SSSR count). The van der Waals surface area contributed by atoms with Crippen LogP contribution >= 0.6 is 0 Å². The summed E-state index contributed by atoms with van der Waals surface area (Å²) in [7, 11) is 0. The van der Waals surface area contributed by atoms with Crippen molar-refractivity contribution in [3.05, 3.63) is 92.3 Å². The molecule has 154 valence electrons. The topological polar surface area (TPSA) is 98.5 Å². The van der Waals surface area contributed by atoms with Crippen LogP contribution in [0.4, 0.5) is 0 Å². The van der Waals surface area contributed by atoms with Crippen LogP contribution in [0.1, 0.15) is 48.9 Å². The van der Waals surface area contributed by atoms with Gasteiger partial charge < -0.3 is 19.6 Å². The van der Waals surface area contributed by atoms with Crippen LogP contribution in [-0.2, 0) is 19.5 Å². The fraction of sp³-hybridized carbons (Fsp3) is 0.261. The van der Waals surface area contributed by atoms with Crippen LogP contribution in [0.15, 0.2) is 51.8 Å². The summed E-state index contributed by atoms with van der Waals surface area (Å²) in [6, 6.07) is 11.2. The smallest absolute Gasteiger partial charge is 0.264 e. The zero-order valence-electron chi connectivity index (χ0n) is 17.0. The number of pyridine rings is 1. The van der Waals surface area contributed by atoms with Crippen LogP contribution in [0.2, 0.25) is 0 Å². The highest BCUT2D eigenvalue weighted by Gasteiger charge is 2.29. The zero-order chi connectivity index (χ0) is 21.4. The Morgan fingerprint density at radius 3 is 2.53 bits per heavy atom. The fourth-order valence-electron chi connectivity index (χ4n) is 4.05. The van der Waals surface area contributed by atoms with Crippen molar-refractivity contribution in [2.45, 2.75) is 33.4 Å². The predicted molar refractivity (Wildman–Crippen MR) is 111 cm³/mol. The third-order valence-electron chi connectivity index (χ3n) is 5.47. The number of furan rings is 1. The first-order valence-electron chi connectivity index (χ1n) is 9.80. The Morgan fingerprint density at radius 1 is 1.17 bits per heavy atom. The van der Waals surface area contributed by atoms with E-state index < -0.39 is 11.5 Å². The van der Waals surface area contributed by atoms with Crippen molar-refractivity contribution in [2.24, 2.45) is 5.73 Å². The van der Waals surface area contributed by atoms with E-state index in [4.69, 9.17) is 10.2 Å². The Hall–Kier alpha value is -3.61. The molecule has 7 nitrogen and oxygen atoms in total. The predicted octanol–water partition coefficient (Wildman–Crippen LogP) is 2.40. The summed E-state index contributed by atoms with van der Waals surface area (Å²) in [6.07, 6.45) is 2.14. The maximum absolute atomic E-state index is 13.0. The molecular formula is C23H23N3O4. The minimum atomic E-state index is -0.736. The lowest BCUT2D eigenvalue weighted by Crippen LogP contribution is -2.40. The van der Waals surface area contributed by atoms with Crippen molar-refractivity contribution in [1.82, 2.24) is 9.47 Å². The van der Waals surface area contributed by atoms with Crippen molar-refractivity contribution in [1.29, 1.82) is 0 Å². The van der Waals surface area contributed by atoms with E-state index in [0.29, 0.717) is 48.7 Å². The number of amides is 2. The number of hydrogen-bond donors (Lipinski definition) is 1. The molecule has 0 radical (unpaired) electrons. The normalized spacial score (nSPS) is 13.2. The highest BCUT2D eigenvalue weighted by atomic mass is 16.3. The molecule has 2 N–H and O–H groups in total. The Kier molecular flexibility index (Phi) is 5.03. The van der Waals surface area contributed by atoms with E-state index in [9.17, 15) is 14.4 Å². The van der Waals surface area contributed by atoms with E-state index in [1.807, 2.05) is 30.3 Å². The number of carbonyl (C=O) groups excluding carboxylic acids is 2. The third-order valence-corrected chi connectivity index (χ3v) is 5.47. The first-order chi connectivity index (χ1) is 14.3. The van der Waals surface area contributed by atoms with Crippen molar-refractivity contribution < 1.29 is 14.0 Å². The van der Waals surface area contributed by atoms with Gasteiger partial charge in [-0.05, 0) is 43.0 Å². The molecule has 0 saturated heterocycles. The summed E-state index contributed by atoms with van der Waals surface area (Å²) in [5, 5.41) is 0. The molecule has 1 aliphatic rings. The molecule has 0 aliphatic carbocycles. The Bertz CT molecular complexity index is 1190. The Labute approximate surface area is 173 Å². The summed E-state index contributed by atoms with van der Waals surface area (Å²) >= 11 is 0. The molecule has 0 unspecified atom stereocenters. The van der Waals surface area contributed by atoms with E-state index in [2.05, 4.69) is 0 Å². The monoisotopic (exact) mass is 405 g/mol. The van der Waals surface area contributed by atoms with Crippen molar-refractivity contribution in [3.8, 4) is 0 Å². The molecule has 7 heteroatoms. The van der Waals surface area contributed by atoms with Gasteiger partial charge in [0.15, 0.2) is 0 Å². The summed E-state index contributed by atoms with van der Waals surface area (Å²) in [5.74, 6) is 0.396. The molecule has 1 aliphatic heterocycles. The van der Waals surface area contributed by atoms with Crippen LogP contribution in [0.25, 0.3) is 0 Å². The first kappa shape index (κ1) is 19.7. The average molecular weight is 405 g/mol. The lowest BCUT2D eigenvalue weighted by Gasteiger charge is -2.30. The maximum atomic E-state index is 13.0. The molecule has 30 heavy (non-hydrogen) atoms. The van der Waals surface area contributed by atoms with E-state index in [1.165, 1.54) is 4.57 Å². The number of nitrogens with two attached hydrogens (primary N) is 1. The highest BCUT2D eigenvalue weighted by Crippen LogP contribution is 2.24. The molecule has 0 spiro atoms. The number of primary amides is 1. The molecule has 0 atom stereocenters. The summed E-state index contributed by atoms with van der Waals surface area (Å²) in [6.45, 7) is 4.59. The number of nitrogens with zero attached hydrogens (tertiary/aromatic N) is 2. The second kappa shape index (κ2) is 7.67. The molecule has 3 heterocycles. The van der Waals surface area contributed by atoms with Gasteiger partial charge in [-0.3, -0.25) is 14.4 Å². The molecule has 0 saturated carbocycles. The number of fused-ring (bicyclic) bond motifs is 1. The second-order valence-electron chi connectivity index (χ2n) is 7.59. The molecule has 1 aromatic carbocycles. The van der Waals surface area contributed by atoms with E-state index in [1.54, 1.807) is 31.0 Å². The van der Waals surface area contributed by atoms with Gasteiger partial charge in [0.1, 0.15) is 17.1 Å². The number of carbonyl (C=O) groups is 2. The van der Waals surface area contributed by atoms with Crippen LogP contribution in [-0.4, -0.2) is 27.8 Å². The molecule has 2 aromatic heterocycles. The first-order valence-corrected chi connectivity index (χ1v) is 9.80. The van der Waals surface area contributed by atoms with Crippen molar-refractivity contribution in [2.75, 3.05) is 6.54 Å². The average Bonchev–Trinajstić information content (AvgIpc) is 3.06. The van der Waals surface area contributed by atoms with Crippen molar-refractivity contribution in [3.63, 3.8) is 0 Å². The number of benzene rings is 1. The number of aromatic nitrogens is 1. The van der Waals surface area contributed by atoms with Crippen LogP contribution < -0.4 is 11.3 Å². The SMILES string of the molecule is Cc1cc(C(=O)N2CCc3c(cn(Cc4ccccc4)c(=O)c3C(N)=O)C2)c(C)o1. The lowest BCUT2D eigenvalue weighted by atomic mass is 9.95. The van der Waals surface area contributed by atoms with E-state index >= 15 is 0 Å². The highest BCUT2D eigenvalue weighted by molar-refractivity contribution is 5.96. The van der Waals surface area contributed by atoms with Crippen LogP contribution in [0.5, 0.6) is 0 Å².